The second-order valence-electron chi connectivity index (χ2n) is 4.92. The quantitative estimate of drug-likeness (QED) is 0.748. The number of rotatable bonds is 1. The molecule has 2 fully saturated rings. The Morgan fingerprint density at radius 1 is 1.27 bits per heavy atom. The maximum Gasteiger partial charge on any atom is 0.0396 e. The Bertz CT molecular complexity index is 369. The Hall–Kier alpha value is -1.02. The average Bonchev–Trinajstić information content (AvgIpc) is 2.98. The van der Waals surface area contributed by atoms with Crippen LogP contribution in [0.3, 0.4) is 0 Å². The number of benzene rings is 1. The summed E-state index contributed by atoms with van der Waals surface area (Å²) < 4.78 is 0. The van der Waals surface area contributed by atoms with Crippen molar-refractivity contribution in [2.45, 2.75) is 25.3 Å². The van der Waals surface area contributed by atoms with E-state index in [0.717, 1.165) is 13.1 Å². The summed E-state index contributed by atoms with van der Waals surface area (Å²) in [7, 11) is 0. The molecule has 1 saturated heterocycles. The summed E-state index contributed by atoms with van der Waals surface area (Å²) >= 11 is 0. The van der Waals surface area contributed by atoms with Crippen LogP contribution >= 0.6 is 0 Å². The van der Waals surface area contributed by atoms with Crippen molar-refractivity contribution >= 4 is 5.69 Å². The summed E-state index contributed by atoms with van der Waals surface area (Å²) in [6, 6.07) is 8.71. The second-order valence-corrected chi connectivity index (χ2v) is 4.92. The molecule has 0 atom stereocenters. The summed E-state index contributed by atoms with van der Waals surface area (Å²) in [5.41, 5.74) is 3.29. The number of hydrogen-bond acceptors (Lipinski definition) is 2. The lowest BCUT2D eigenvalue weighted by molar-refractivity contribution is 0.442. The van der Waals surface area contributed by atoms with Crippen molar-refractivity contribution in [1.29, 1.82) is 0 Å². The molecule has 80 valence electrons. The van der Waals surface area contributed by atoms with E-state index in [1.807, 2.05) is 0 Å². The molecule has 0 radical (unpaired) electrons. The van der Waals surface area contributed by atoms with E-state index in [2.05, 4.69) is 41.4 Å². The van der Waals surface area contributed by atoms with E-state index in [9.17, 15) is 0 Å². The first-order chi connectivity index (χ1) is 7.29. The molecule has 2 heteroatoms. The number of nitrogens with zero attached hydrogens (tertiary/aromatic N) is 1. The minimum atomic E-state index is 0.473. The van der Waals surface area contributed by atoms with Gasteiger partial charge >= 0.3 is 0 Å². The monoisotopic (exact) mass is 202 g/mol. The normalized spacial score (nSPS) is 23.1. The van der Waals surface area contributed by atoms with E-state index >= 15 is 0 Å². The van der Waals surface area contributed by atoms with Crippen LogP contribution in [0.15, 0.2) is 24.3 Å². The second kappa shape index (κ2) is 3.24. The molecule has 0 unspecified atom stereocenters. The molecular weight excluding hydrogens is 184 g/mol. The zero-order valence-corrected chi connectivity index (χ0v) is 9.29. The van der Waals surface area contributed by atoms with Gasteiger partial charge in [0.15, 0.2) is 0 Å². The Morgan fingerprint density at radius 3 is 2.80 bits per heavy atom. The average molecular weight is 202 g/mol. The van der Waals surface area contributed by atoms with Gasteiger partial charge in [0.2, 0.25) is 0 Å². The van der Waals surface area contributed by atoms with Gasteiger partial charge in [0.1, 0.15) is 0 Å². The number of anilines is 1. The highest BCUT2D eigenvalue weighted by Gasteiger charge is 2.45. The van der Waals surface area contributed by atoms with Crippen molar-refractivity contribution in [3.05, 3.63) is 29.8 Å². The van der Waals surface area contributed by atoms with E-state index < -0.39 is 0 Å². The standard InChI is InChI=1S/C13H18N2/c1-11-4-2-3-5-12(11)15-9-8-14-13(10-15)6-7-13/h2-5,14H,6-10H2,1H3. The SMILES string of the molecule is Cc1ccccc1N1CCNC2(CC2)C1. The molecule has 2 aliphatic rings. The molecule has 0 amide bonds. The highest BCUT2D eigenvalue weighted by molar-refractivity contribution is 5.54. The van der Waals surface area contributed by atoms with Gasteiger partial charge in [-0.15, -0.1) is 0 Å². The molecule has 2 nitrogen and oxygen atoms in total. The number of para-hydroxylation sites is 1. The van der Waals surface area contributed by atoms with Gasteiger partial charge in [-0.3, -0.25) is 0 Å². The third-order valence-corrected chi connectivity index (χ3v) is 3.68. The van der Waals surface area contributed by atoms with Gasteiger partial charge in [-0.2, -0.15) is 0 Å². The Kier molecular flexibility index (Phi) is 1.99. The van der Waals surface area contributed by atoms with Gasteiger partial charge in [0.25, 0.3) is 0 Å². The summed E-state index contributed by atoms with van der Waals surface area (Å²) in [5, 5.41) is 3.65. The molecule has 0 aromatic heterocycles. The number of aryl methyl sites for hydroxylation is 1. The first-order valence-electron chi connectivity index (χ1n) is 5.85. The molecule has 1 aliphatic carbocycles. The van der Waals surface area contributed by atoms with Crippen LogP contribution in [0.4, 0.5) is 5.69 Å². The van der Waals surface area contributed by atoms with E-state index in [0.29, 0.717) is 5.54 Å². The molecule has 0 bridgehead atoms. The molecule has 1 aliphatic heterocycles. The fraction of sp³-hybridized carbons (Fsp3) is 0.538. The maximum atomic E-state index is 3.65. The summed E-state index contributed by atoms with van der Waals surface area (Å²) in [5.74, 6) is 0. The summed E-state index contributed by atoms with van der Waals surface area (Å²) in [6.07, 6.45) is 2.71. The summed E-state index contributed by atoms with van der Waals surface area (Å²) in [4.78, 5) is 2.54. The predicted molar refractivity (Wildman–Crippen MR) is 63.4 cm³/mol. The van der Waals surface area contributed by atoms with Crippen LogP contribution in [0.5, 0.6) is 0 Å². The van der Waals surface area contributed by atoms with Gasteiger partial charge in [-0.25, -0.2) is 0 Å². The van der Waals surface area contributed by atoms with Crippen molar-refractivity contribution in [1.82, 2.24) is 5.32 Å². The van der Waals surface area contributed by atoms with Crippen LogP contribution in [-0.2, 0) is 0 Å². The van der Waals surface area contributed by atoms with Gasteiger partial charge in [-0.05, 0) is 31.4 Å². The lowest BCUT2D eigenvalue weighted by Gasteiger charge is -2.36. The number of hydrogen-bond donors (Lipinski definition) is 1. The first-order valence-corrected chi connectivity index (χ1v) is 5.85. The zero-order chi connectivity index (χ0) is 10.3. The topological polar surface area (TPSA) is 15.3 Å². The van der Waals surface area contributed by atoms with E-state index in [4.69, 9.17) is 0 Å². The highest BCUT2D eigenvalue weighted by atomic mass is 15.2. The predicted octanol–water partition coefficient (Wildman–Crippen LogP) is 1.94. The minimum absolute atomic E-state index is 0.473. The van der Waals surface area contributed by atoms with Crippen LogP contribution < -0.4 is 10.2 Å². The van der Waals surface area contributed by atoms with Crippen LogP contribution in [-0.4, -0.2) is 25.2 Å². The molecule has 3 rings (SSSR count). The lowest BCUT2D eigenvalue weighted by Crippen LogP contribution is -2.52. The first kappa shape index (κ1) is 9.22. The van der Waals surface area contributed by atoms with Crippen molar-refractivity contribution in [3.63, 3.8) is 0 Å². The fourth-order valence-corrected chi connectivity index (χ4v) is 2.57. The maximum absolute atomic E-state index is 3.65. The van der Waals surface area contributed by atoms with Gasteiger partial charge < -0.3 is 10.2 Å². The lowest BCUT2D eigenvalue weighted by atomic mass is 10.1. The molecule has 1 saturated carbocycles. The van der Waals surface area contributed by atoms with E-state index in [1.165, 1.54) is 30.6 Å². The Balaban J connectivity index is 1.84. The van der Waals surface area contributed by atoms with Crippen LogP contribution in [0.2, 0.25) is 0 Å². The molecule has 1 spiro atoms. The van der Waals surface area contributed by atoms with Crippen LogP contribution in [0.1, 0.15) is 18.4 Å². The Labute approximate surface area is 91.3 Å². The minimum Gasteiger partial charge on any atom is -0.368 e. The molecule has 15 heavy (non-hydrogen) atoms. The van der Waals surface area contributed by atoms with Crippen LogP contribution in [0, 0.1) is 6.92 Å². The van der Waals surface area contributed by atoms with E-state index in [-0.39, 0.29) is 0 Å². The third-order valence-electron chi connectivity index (χ3n) is 3.68. The molecule has 1 aromatic carbocycles. The zero-order valence-electron chi connectivity index (χ0n) is 9.29. The van der Waals surface area contributed by atoms with Gasteiger partial charge in [-0.1, -0.05) is 18.2 Å². The van der Waals surface area contributed by atoms with Crippen molar-refractivity contribution in [3.8, 4) is 0 Å². The van der Waals surface area contributed by atoms with Crippen molar-refractivity contribution in [2.24, 2.45) is 0 Å². The molecule has 1 heterocycles. The van der Waals surface area contributed by atoms with E-state index in [1.54, 1.807) is 0 Å². The summed E-state index contributed by atoms with van der Waals surface area (Å²) in [6.45, 7) is 5.68. The van der Waals surface area contributed by atoms with Gasteiger partial charge in [0, 0.05) is 30.9 Å². The Morgan fingerprint density at radius 2 is 2.07 bits per heavy atom. The largest absolute Gasteiger partial charge is 0.368 e. The number of nitrogens with one attached hydrogen (secondary N) is 1. The fourth-order valence-electron chi connectivity index (χ4n) is 2.57. The van der Waals surface area contributed by atoms with Gasteiger partial charge in [0.05, 0.1) is 0 Å². The smallest absolute Gasteiger partial charge is 0.0396 e. The third kappa shape index (κ3) is 1.63. The molecular formula is C13H18N2. The van der Waals surface area contributed by atoms with Crippen molar-refractivity contribution < 1.29 is 0 Å². The van der Waals surface area contributed by atoms with Crippen LogP contribution in [0.25, 0.3) is 0 Å². The molecule has 1 aromatic rings. The highest BCUT2D eigenvalue weighted by Crippen LogP contribution is 2.39. The van der Waals surface area contributed by atoms with Crippen molar-refractivity contribution in [2.75, 3.05) is 24.5 Å². The molecule has 1 N–H and O–H groups in total. The number of piperazine rings is 1.